The number of amides is 1. The van der Waals surface area contributed by atoms with Gasteiger partial charge < -0.3 is 25.2 Å². The first-order valence-corrected chi connectivity index (χ1v) is 14.0. The molecule has 2 atom stereocenters. The Bertz CT molecular complexity index is 989. The molecule has 1 aliphatic rings. The number of nitrogens with zero attached hydrogens (tertiary/aromatic N) is 2. The maximum Gasteiger partial charge on any atom is 0.207 e. The van der Waals surface area contributed by atoms with Crippen LogP contribution >= 0.6 is 0 Å². The molecule has 0 spiro atoms. The molecule has 2 N–H and O–H groups in total. The molecule has 0 saturated heterocycles. The molecule has 38 heavy (non-hydrogen) atoms. The van der Waals surface area contributed by atoms with Gasteiger partial charge >= 0.3 is 0 Å². The fourth-order valence-electron chi connectivity index (χ4n) is 4.87. The summed E-state index contributed by atoms with van der Waals surface area (Å²) in [5.74, 6) is 0.438. The molecule has 0 saturated carbocycles. The Balaban J connectivity index is 2.18. The fourth-order valence-corrected chi connectivity index (χ4v) is 4.87. The van der Waals surface area contributed by atoms with Gasteiger partial charge in [0, 0.05) is 44.3 Å². The average Bonchev–Trinajstić information content (AvgIpc) is 3.26. The van der Waals surface area contributed by atoms with Gasteiger partial charge in [0.2, 0.25) is 6.41 Å². The van der Waals surface area contributed by atoms with Gasteiger partial charge in [0.05, 0.1) is 11.3 Å². The Hall–Kier alpha value is -2.99. The summed E-state index contributed by atoms with van der Waals surface area (Å²) in [6, 6.07) is 8.94. The zero-order valence-corrected chi connectivity index (χ0v) is 24.7. The second kappa shape index (κ2) is 15.4. The van der Waals surface area contributed by atoms with Crippen LogP contribution in [0.1, 0.15) is 71.9 Å². The van der Waals surface area contributed by atoms with Crippen molar-refractivity contribution in [2.75, 3.05) is 20.2 Å². The van der Waals surface area contributed by atoms with Crippen molar-refractivity contribution in [3.63, 3.8) is 0 Å². The summed E-state index contributed by atoms with van der Waals surface area (Å²) in [5, 5.41) is 6.43. The molecule has 0 aromatic heterocycles. The summed E-state index contributed by atoms with van der Waals surface area (Å²) in [4.78, 5) is 15.4. The predicted molar refractivity (Wildman–Crippen MR) is 159 cm³/mol. The third-order valence-corrected chi connectivity index (χ3v) is 6.91. The van der Waals surface area contributed by atoms with E-state index in [9.17, 15) is 4.79 Å². The molecule has 0 fully saturated rings. The van der Waals surface area contributed by atoms with Crippen LogP contribution in [0.5, 0.6) is 0 Å². The van der Waals surface area contributed by atoms with Gasteiger partial charge in [-0.2, -0.15) is 0 Å². The first-order chi connectivity index (χ1) is 18.1. The van der Waals surface area contributed by atoms with Crippen molar-refractivity contribution in [2.24, 2.45) is 5.92 Å². The molecule has 210 valence electrons. The van der Waals surface area contributed by atoms with Crippen LogP contribution in [-0.4, -0.2) is 48.2 Å². The van der Waals surface area contributed by atoms with Gasteiger partial charge in [-0.1, -0.05) is 49.9 Å². The summed E-state index contributed by atoms with van der Waals surface area (Å²) < 4.78 is 6.01. The summed E-state index contributed by atoms with van der Waals surface area (Å²) in [6.45, 7) is 19.0. The predicted octanol–water partition coefficient (Wildman–Crippen LogP) is 6.09. The second-order valence-corrected chi connectivity index (χ2v) is 11.0. The number of rotatable bonds is 16. The number of likely N-dealkylation sites (N-methyl/N-ethyl adjacent to an activating group) is 1. The second-order valence-electron chi connectivity index (χ2n) is 11.0. The Morgan fingerprint density at radius 3 is 2.63 bits per heavy atom. The van der Waals surface area contributed by atoms with Gasteiger partial charge in [-0.3, -0.25) is 4.79 Å². The van der Waals surface area contributed by atoms with Crippen LogP contribution < -0.4 is 10.6 Å². The summed E-state index contributed by atoms with van der Waals surface area (Å²) in [5.41, 5.74) is 5.89. The van der Waals surface area contributed by atoms with Gasteiger partial charge in [-0.25, -0.2) is 0 Å². The number of allylic oxidation sites excluding steroid dienone is 4. The number of hydrogen-bond acceptors (Lipinski definition) is 5. The van der Waals surface area contributed by atoms with E-state index in [0.717, 1.165) is 50.9 Å². The molecule has 6 heteroatoms. The normalized spacial score (nSPS) is 16.8. The Morgan fingerprint density at radius 2 is 2.00 bits per heavy atom. The van der Waals surface area contributed by atoms with Crippen LogP contribution in [0.25, 0.3) is 0 Å². The molecular weight excluding hydrogens is 472 g/mol. The minimum absolute atomic E-state index is 0.0438. The van der Waals surface area contributed by atoms with E-state index in [4.69, 9.17) is 4.74 Å². The van der Waals surface area contributed by atoms with Crippen LogP contribution in [0, 0.1) is 5.92 Å². The van der Waals surface area contributed by atoms with Gasteiger partial charge in [0.1, 0.15) is 6.17 Å². The van der Waals surface area contributed by atoms with E-state index in [1.54, 1.807) is 0 Å². The molecular formula is C32H50N4O2. The van der Waals surface area contributed by atoms with E-state index in [1.165, 1.54) is 22.5 Å². The zero-order chi connectivity index (χ0) is 28.1. The molecule has 0 bridgehead atoms. The molecule has 2 rings (SSSR count). The molecule has 1 heterocycles. The first kappa shape index (κ1) is 31.2. The lowest BCUT2D eigenvalue weighted by atomic mass is 9.92. The zero-order valence-electron chi connectivity index (χ0n) is 24.7. The Kier molecular flexibility index (Phi) is 12.7. The van der Waals surface area contributed by atoms with E-state index in [2.05, 4.69) is 105 Å². The minimum Gasteiger partial charge on any atom is -0.376 e. The summed E-state index contributed by atoms with van der Waals surface area (Å²) in [7, 11) is 2.07. The fraction of sp³-hybridized carbons (Fsp3) is 0.531. The molecule has 1 aliphatic heterocycles. The third kappa shape index (κ3) is 9.71. The molecule has 0 radical (unpaired) electrons. The number of hydrogen-bond donors (Lipinski definition) is 2. The van der Waals surface area contributed by atoms with Crippen LogP contribution in [0.3, 0.4) is 0 Å². The van der Waals surface area contributed by atoms with Crippen molar-refractivity contribution in [3.05, 3.63) is 83.5 Å². The van der Waals surface area contributed by atoms with Crippen molar-refractivity contribution >= 4 is 6.41 Å². The van der Waals surface area contributed by atoms with E-state index in [0.29, 0.717) is 12.5 Å². The summed E-state index contributed by atoms with van der Waals surface area (Å²) in [6.07, 6.45) is 13.0. The molecule has 1 aromatic rings. The summed E-state index contributed by atoms with van der Waals surface area (Å²) >= 11 is 0. The van der Waals surface area contributed by atoms with Crippen LogP contribution in [0.15, 0.2) is 72.4 Å². The first-order valence-electron chi connectivity index (χ1n) is 14.0. The van der Waals surface area contributed by atoms with Crippen LogP contribution in [-0.2, 0) is 22.5 Å². The molecule has 6 nitrogen and oxygen atoms in total. The number of ether oxygens (including phenoxy) is 1. The number of carbonyl (C=O) groups is 1. The van der Waals surface area contributed by atoms with Crippen molar-refractivity contribution in [1.29, 1.82) is 0 Å². The largest absolute Gasteiger partial charge is 0.376 e. The topological polar surface area (TPSA) is 56.8 Å². The average molecular weight is 523 g/mol. The Labute approximate surface area is 231 Å². The lowest BCUT2D eigenvalue weighted by molar-refractivity contribution is -0.109. The third-order valence-electron chi connectivity index (χ3n) is 6.91. The van der Waals surface area contributed by atoms with Gasteiger partial charge in [-0.15, -0.1) is 0 Å². The highest BCUT2D eigenvalue weighted by Crippen LogP contribution is 2.28. The van der Waals surface area contributed by atoms with Gasteiger partial charge in [0.15, 0.2) is 0 Å². The highest BCUT2D eigenvalue weighted by atomic mass is 16.5. The Morgan fingerprint density at radius 1 is 1.26 bits per heavy atom. The van der Waals surface area contributed by atoms with Crippen molar-refractivity contribution in [1.82, 2.24) is 20.4 Å². The maximum atomic E-state index is 10.8. The number of benzene rings is 1. The quantitative estimate of drug-likeness (QED) is 0.156. The van der Waals surface area contributed by atoms with Crippen molar-refractivity contribution in [2.45, 2.75) is 85.5 Å². The van der Waals surface area contributed by atoms with E-state index >= 15 is 0 Å². The van der Waals surface area contributed by atoms with Crippen molar-refractivity contribution in [3.8, 4) is 0 Å². The van der Waals surface area contributed by atoms with E-state index in [-0.39, 0.29) is 11.8 Å². The molecule has 2 unspecified atom stereocenters. The maximum absolute atomic E-state index is 10.8. The van der Waals surface area contributed by atoms with Crippen LogP contribution in [0.4, 0.5) is 0 Å². The highest BCUT2D eigenvalue weighted by Gasteiger charge is 2.30. The lowest BCUT2D eigenvalue weighted by Gasteiger charge is -2.35. The van der Waals surface area contributed by atoms with E-state index in [1.807, 2.05) is 19.1 Å². The molecule has 1 amide bonds. The number of nitrogens with one attached hydrogen (secondary N) is 2. The van der Waals surface area contributed by atoms with Gasteiger partial charge in [0.25, 0.3) is 0 Å². The minimum atomic E-state index is -0.143. The molecule has 0 aliphatic carbocycles. The molecule has 1 aromatic carbocycles. The lowest BCUT2D eigenvalue weighted by Crippen LogP contribution is -2.42. The van der Waals surface area contributed by atoms with E-state index < -0.39 is 0 Å². The number of carbonyl (C=O) groups excluding carboxylic acids is 1. The SMILES string of the molecule is C=C(/C=C\C)N(C)/C(=C\C)C1NC=C(CC)N1Cc1cccc(CC(CCNC=O)CCOC(C)(C)C)c1. The standard InChI is InChI=1S/C32H50N4O2/c1-9-13-25(4)35(8)30(11-3)31-34-22-29(10-2)36(31)23-28-15-12-14-27(21-28)20-26(16-18-33-24-37)17-19-38-32(5,6)7/h9,11-15,21-22,24,26,31,34H,4,10,16-20,23H2,1-3,5-8H3,(H,33,37)/b13-9-,30-11-. The van der Waals surface area contributed by atoms with Crippen LogP contribution in [0.2, 0.25) is 0 Å². The monoisotopic (exact) mass is 522 g/mol. The highest BCUT2D eigenvalue weighted by molar-refractivity contribution is 5.45. The van der Waals surface area contributed by atoms with Crippen molar-refractivity contribution < 1.29 is 9.53 Å². The smallest absolute Gasteiger partial charge is 0.207 e. The van der Waals surface area contributed by atoms with Gasteiger partial charge in [-0.05, 0) is 83.4 Å².